The van der Waals surface area contributed by atoms with Crippen LogP contribution < -0.4 is 14.8 Å². The van der Waals surface area contributed by atoms with Crippen LogP contribution >= 0.6 is 23.4 Å². The average molecular weight is 447 g/mol. The maximum Gasteiger partial charge on any atom is 0.234 e. The number of amides is 1. The summed E-state index contributed by atoms with van der Waals surface area (Å²) in [7, 11) is 1.84. The van der Waals surface area contributed by atoms with Crippen LogP contribution in [0.5, 0.6) is 11.5 Å². The van der Waals surface area contributed by atoms with Crippen LogP contribution in [-0.4, -0.2) is 33.0 Å². The number of rotatable bonds is 9. The number of thioether (sulfide) groups is 1. The van der Waals surface area contributed by atoms with E-state index in [4.69, 9.17) is 21.1 Å². The van der Waals surface area contributed by atoms with Crippen molar-refractivity contribution in [3.8, 4) is 11.5 Å². The lowest BCUT2D eigenvalue weighted by Gasteiger charge is -2.15. The van der Waals surface area contributed by atoms with Crippen molar-refractivity contribution in [1.29, 1.82) is 0 Å². The quantitative estimate of drug-likeness (QED) is 0.478. The molecule has 0 aliphatic rings. The predicted molar refractivity (Wildman–Crippen MR) is 118 cm³/mol. The molecule has 0 saturated heterocycles. The van der Waals surface area contributed by atoms with Gasteiger partial charge >= 0.3 is 0 Å². The number of aromatic nitrogens is 3. The normalized spacial score (nSPS) is 11.7. The van der Waals surface area contributed by atoms with E-state index in [0.29, 0.717) is 34.0 Å². The lowest BCUT2D eigenvalue weighted by molar-refractivity contribution is -0.113. The molecule has 0 aliphatic carbocycles. The van der Waals surface area contributed by atoms with Gasteiger partial charge in [0.15, 0.2) is 17.1 Å². The lowest BCUT2D eigenvalue weighted by atomic mass is 10.3. The second-order valence-corrected chi connectivity index (χ2v) is 7.73. The number of nitrogens with one attached hydrogen (secondary N) is 1. The summed E-state index contributed by atoms with van der Waals surface area (Å²) in [5.74, 6) is 2.07. The first kappa shape index (κ1) is 22.0. The number of carbonyl (C=O) groups excluding carboxylic acids is 1. The van der Waals surface area contributed by atoms with E-state index in [1.807, 2.05) is 61.9 Å². The zero-order valence-electron chi connectivity index (χ0n) is 17.0. The Balaban J connectivity index is 1.55. The molecule has 1 aromatic heterocycles. The largest absolute Gasteiger partial charge is 0.494 e. The van der Waals surface area contributed by atoms with E-state index >= 15 is 0 Å². The number of nitrogens with zero attached hydrogens (tertiary/aromatic N) is 3. The molecule has 0 radical (unpaired) electrons. The second kappa shape index (κ2) is 10.4. The highest BCUT2D eigenvalue weighted by atomic mass is 35.5. The average Bonchev–Trinajstić information content (AvgIpc) is 3.10. The maximum absolute atomic E-state index is 12.3. The van der Waals surface area contributed by atoms with Gasteiger partial charge in [0.1, 0.15) is 11.5 Å². The van der Waals surface area contributed by atoms with E-state index < -0.39 is 0 Å². The standard InChI is InChI=1S/C21H23ClN4O3S/c1-4-28-16-11-9-15(10-12-16)23-19(27)13-30-21-25-24-20(26(21)3)14(2)29-18-8-6-5-7-17(18)22/h5-12,14H,4,13H2,1-3H3,(H,23,27). The number of hydrogen-bond donors (Lipinski definition) is 1. The van der Waals surface area contributed by atoms with Crippen molar-refractivity contribution >= 4 is 35.0 Å². The Morgan fingerprint density at radius 2 is 1.93 bits per heavy atom. The van der Waals surface area contributed by atoms with Gasteiger partial charge in [-0.25, -0.2) is 0 Å². The van der Waals surface area contributed by atoms with Crippen molar-refractivity contribution in [2.24, 2.45) is 7.05 Å². The van der Waals surface area contributed by atoms with Crippen molar-refractivity contribution in [3.63, 3.8) is 0 Å². The smallest absolute Gasteiger partial charge is 0.234 e. The zero-order valence-corrected chi connectivity index (χ0v) is 18.5. The van der Waals surface area contributed by atoms with Gasteiger partial charge in [0, 0.05) is 12.7 Å². The van der Waals surface area contributed by atoms with Gasteiger partial charge in [0.05, 0.1) is 17.4 Å². The van der Waals surface area contributed by atoms with Crippen LogP contribution in [-0.2, 0) is 11.8 Å². The minimum atomic E-state index is -0.352. The maximum atomic E-state index is 12.3. The number of hydrogen-bond acceptors (Lipinski definition) is 6. The molecular weight excluding hydrogens is 424 g/mol. The molecule has 3 rings (SSSR count). The molecule has 2 aromatic carbocycles. The van der Waals surface area contributed by atoms with Crippen LogP contribution in [0.4, 0.5) is 5.69 Å². The fourth-order valence-corrected chi connectivity index (χ4v) is 3.62. The van der Waals surface area contributed by atoms with E-state index in [0.717, 1.165) is 5.75 Å². The van der Waals surface area contributed by atoms with Crippen LogP contribution in [0.2, 0.25) is 5.02 Å². The third-order valence-electron chi connectivity index (χ3n) is 4.15. The molecule has 1 heterocycles. The summed E-state index contributed by atoms with van der Waals surface area (Å²) in [6.07, 6.45) is -0.352. The molecule has 9 heteroatoms. The minimum Gasteiger partial charge on any atom is -0.494 e. The Morgan fingerprint density at radius 1 is 1.20 bits per heavy atom. The first-order valence-corrected chi connectivity index (χ1v) is 10.8. The molecule has 7 nitrogen and oxygen atoms in total. The summed E-state index contributed by atoms with van der Waals surface area (Å²) in [6.45, 7) is 4.40. The summed E-state index contributed by atoms with van der Waals surface area (Å²) < 4.78 is 13.1. The first-order valence-electron chi connectivity index (χ1n) is 9.44. The molecule has 1 amide bonds. The van der Waals surface area contributed by atoms with Gasteiger partial charge in [-0.3, -0.25) is 4.79 Å². The van der Waals surface area contributed by atoms with Crippen LogP contribution in [0, 0.1) is 0 Å². The third kappa shape index (κ3) is 5.67. The van der Waals surface area contributed by atoms with E-state index in [-0.39, 0.29) is 17.8 Å². The van der Waals surface area contributed by atoms with Crippen molar-refractivity contribution in [2.75, 3.05) is 17.7 Å². The molecule has 158 valence electrons. The van der Waals surface area contributed by atoms with Crippen molar-refractivity contribution < 1.29 is 14.3 Å². The van der Waals surface area contributed by atoms with E-state index in [1.165, 1.54) is 11.8 Å². The van der Waals surface area contributed by atoms with Gasteiger partial charge in [0.2, 0.25) is 5.91 Å². The topological polar surface area (TPSA) is 78.3 Å². The van der Waals surface area contributed by atoms with Gasteiger partial charge in [-0.1, -0.05) is 35.5 Å². The highest BCUT2D eigenvalue weighted by molar-refractivity contribution is 7.99. The zero-order chi connectivity index (χ0) is 21.5. The molecule has 3 aromatic rings. The Morgan fingerprint density at radius 3 is 2.63 bits per heavy atom. The second-order valence-electron chi connectivity index (χ2n) is 6.38. The Kier molecular flexibility index (Phi) is 7.59. The number of carbonyl (C=O) groups is 1. The molecule has 1 N–H and O–H groups in total. The highest BCUT2D eigenvalue weighted by Gasteiger charge is 2.19. The summed E-state index contributed by atoms with van der Waals surface area (Å²) in [5.41, 5.74) is 0.712. The fraction of sp³-hybridized carbons (Fsp3) is 0.286. The summed E-state index contributed by atoms with van der Waals surface area (Å²) in [4.78, 5) is 12.3. The van der Waals surface area contributed by atoms with Gasteiger partial charge in [0.25, 0.3) is 0 Å². The Labute approximate surface area is 184 Å². The molecule has 0 saturated carbocycles. The minimum absolute atomic E-state index is 0.130. The highest BCUT2D eigenvalue weighted by Crippen LogP contribution is 2.29. The first-order chi connectivity index (χ1) is 14.5. The van der Waals surface area contributed by atoms with Gasteiger partial charge < -0.3 is 19.4 Å². The number of ether oxygens (including phenoxy) is 2. The van der Waals surface area contributed by atoms with Crippen LogP contribution in [0.25, 0.3) is 0 Å². The molecule has 30 heavy (non-hydrogen) atoms. The predicted octanol–water partition coefficient (Wildman–Crippen LogP) is 4.74. The lowest BCUT2D eigenvalue weighted by Crippen LogP contribution is -2.15. The summed E-state index contributed by atoms with van der Waals surface area (Å²) >= 11 is 7.46. The number of para-hydroxylation sites is 1. The van der Waals surface area contributed by atoms with Crippen LogP contribution in [0.1, 0.15) is 25.8 Å². The molecule has 0 fully saturated rings. The number of halogens is 1. The number of anilines is 1. The molecule has 0 spiro atoms. The van der Waals surface area contributed by atoms with Crippen molar-refractivity contribution in [3.05, 3.63) is 59.4 Å². The molecule has 0 bridgehead atoms. The summed E-state index contributed by atoms with van der Waals surface area (Å²) in [5, 5.41) is 12.4. The van der Waals surface area contributed by atoms with E-state index in [1.54, 1.807) is 12.1 Å². The van der Waals surface area contributed by atoms with E-state index in [2.05, 4.69) is 15.5 Å². The monoisotopic (exact) mass is 446 g/mol. The number of benzene rings is 2. The van der Waals surface area contributed by atoms with Crippen molar-refractivity contribution in [2.45, 2.75) is 25.1 Å². The van der Waals surface area contributed by atoms with Crippen molar-refractivity contribution in [1.82, 2.24) is 14.8 Å². The Bertz CT molecular complexity index is 994. The van der Waals surface area contributed by atoms with Crippen LogP contribution in [0.3, 0.4) is 0 Å². The van der Waals surface area contributed by atoms with Gasteiger partial charge in [-0.2, -0.15) is 0 Å². The van der Waals surface area contributed by atoms with E-state index in [9.17, 15) is 4.79 Å². The molecule has 1 atom stereocenters. The van der Waals surface area contributed by atoms with Gasteiger partial charge in [-0.05, 0) is 50.2 Å². The summed E-state index contributed by atoms with van der Waals surface area (Å²) in [6, 6.07) is 14.5. The van der Waals surface area contributed by atoms with Gasteiger partial charge in [-0.15, -0.1) is 10.2 Å². The molecule has 1 unspecified atom stereocenters. The fourth-order valence-electron chi connectivity index (χ4n) is 2.72. The SMILES string of the molecule is CCOc1ccc(NC(=O)CSc2nnc(C(C)Oc3ccccc3Cl)n2C)cc1. The molecular formula is C21H23ClN4O3S. The molecule has 0 aliphatic heterocycles. The van der Waals surface area contributed by atoms with Crippen LogP contribution in [0.15, 0.2) is 53.7 Å². The Hall–Kier alpha value is -2.71. The third-order valence-corrected chi connectivity index (χ3v) is 5.49.